The van der Waals surface area contributed by atoms with Crippen molar-refractivity contribution in [2.24, 2.45) is 0 Å². The first kappa shape index (κ1) is 11.7. The Morgan fingerprint density at radius 2 is 1.35 bits per heavy atom. The molecule has 2 aromatic rings. The minimum absolute atomic E-state index is 0. The van der Waals surface area contributed by atoms with Gasteiger partial charge in [-0.2, -0.15) is 0 Å². The third-order valence-electron chi connectivity index (χ3n) is 2.55. The highest BCUT2D eigenvalue weighted by molar-refractivity contribution is 5.49. The summed E-state index contributed by atoms with van der Waals surface area (Å²) in [6.45, 7) is 3.04. The Hall–Kier alpha value is -1.80. The monoisotopic (exact) mass is 227 g/mol. The van der Waals surface area contributed by atoms with Crippen molar-refractivity contribution in [3.8, 4) is 11.5 Å². The van der Waals surface area contributed by atoms with E-state index in [1.54, 1.807) is 0 Å². The summed E-state index contributed by atoms with van der Waals surface area (Å²) in [5.41, 5.74) is 2.54. The topological polar surface area (TPSA) is 29.5 Å². The first-order valence-corrected chi connectivity index (χ1v) is 5.59. The van der Waals surface area contributed by atoms with Gasteiger partial charge in [0.1, 0.15) is 11.5 Å². The van der Waals surface area contributed by atoms with Crippen molar-refractivity contribution in [2.75, 3.05) is 6.61 Å². The molecule has 3 rings (SSSR count). The summed E-state index contributed by atoms with van der Waals surface area (Å²) in [6, 6.07) is 16.4. The molecule has 1 radical (unpaired) electrons. The molecule has 1 heterocycles. The summed E-state index contributed by atoms with van der Waals surface area (Å²) in [4.78, 5) is 0. The zero-order valence-corrected chi connectivity index (χ0v) is 9.60. The maximum atomic E-state index is 7.46. The number of fused-ring (bicyclic) bond motifs is 2. The molecule has 2 aromatic carbocycles. The van der Waals surface area contributed by atoms with Gasteiger partial charge < -0.3 is 9.84 Å². The quantitative estimate of drug-likeness (QED) is 0.639. The molecule has 1 aliphatic heterocycles. The van der Waals surface area contributed by atoms with Crippen LogP contribution >= 0.6 is 0 Å². The maximum Gasteiger partial charge on any atom is 0.130 e. The Balaban J connectivity index is 0.000000329. The van der Waals surface area contributed by atoms with Crippen LogP contribution in [-0.4, -0.2) is 11.7 Å². The molecule has 0 aliphatic carbocycles. The van der Waals surface area contributed by atoms with Crippen LogP contribution in [0.15, 0.2) is 48.5 Å². The van der Waals surface area contributed by atoms with Crippen molar-refractivity contribution in [1.29, 1.82) is 0 Å². The van der Waals surface area contributed by atoms with E-state index in [-0.39, 0.29) is 6.61 Å². The van der Waals surface area contributed by atoms with E-state index in [9.17, 15) is 0 Å². The highest BCUT2D eigenvalue weighted by atomic mass is 16.5. The van der Waals surface area contributed by atoms with Gasteiger partial charge in [0.05, 0.1) is 0 Å². The van der Waals surface area contributed by atoms with Crippen molar-refractivity contribution in [1.82, 2.24) is 0 Å². The smallest absolute Gasteiger partial charge is 0.130 e. The second kappa shape index (κ2) is 5.51. The molecule has 0 spiro atoms. The van der Waals surface area contributed by atoms with Crippen LogP contribution in [0, 0.1) is 6.92 Å². The fourth-order valence-corrected chi connectivity index (χ4v) is 1.82. The SMILES string of the molecule is [CH2]CO.c1ccc2c(c1)Cc1ccccc1O2. The number of aliphatic hydroxyl groups is 1. The highest BCUT2D eigenvalue weighted by Gasteiger charge is 2.14. The molecule has 0 saturated heterocycles. The lowest BCUT2D eigenvalue weighted by atomic mass is 10.0. The number of rotatable bonds is 0. The minimum Gasteiger partial charge on any atom is -0.457 e. The lowest BCUT2D eigenvalue weighted by Crippen LogP contribution is -2.01. The first-order chi connectivity index (χ1) is 8.35. The molecule has 0 amide bonds. The molecular weight excluding hydrogens is 212 g/mol. The Morgan fingerprint density at radius 1 is 0.941 bits per heavy atom. The molecule has 2 heteroatoms. The predicted molar refractivity (Wildman–Crippen MR) is 68.2 cm³/mol. The summed E-state index contributed by atoms with van der Waals surface area (Å²) in [5, 5.41) is 7.46. The molecule has 0 aromatic heterocycles. The van der Waals surface area contributed by atoms with Gasteiger partial charge in [-0.3, -0.25) is 0 Å². The van der Waals surface area contributed by atoms with Crippen molar-refractivity contribution < 1.29 is 9.84 Å². The highest BCUT2D eigenvalue weighted by Crippen LogP contribution is 2.35. The maximum absolute atomic E-state index is 7.46. The van der Waals surface area contributed by atoms with E-state index in [2.05, 4.69) is 31.2 Å². The van der Waals surface area contributed by atoms with Gasteiger partial charge >= 0.3 is 0 Å². The average Bonchev–Trinajstić information content (AvgIpc) is 2.37. The number of hydrogen-bond donors (Lipinski definition) is 1. The molecule has 0 saturated carbocycles. The van der Waals surface area contributed by atoms with Gasteiger partial charge in [-0.15, -0.1) is 0 Å². The standard InChI is InChI=1S/C13H10O.C2H5O/c1-3-7-12-10(5-1)9-11-6-2-4-8-13(11)14-12;1-2-3/h1-8H,9H2;3H,1-2H2. The summed E-state index contributed by atoms with van der Waals surface area (Å²) in [7, 11) is 0. The molecule has 0 bridgehead atoms. The molecule has 0 atom stereocenters. The number of ether oxygens (including phenoxy) is 1. The predicted octanol–water partition coefficient (Wildman–Crippen LogP) is 3.20. The number of benzene rings is 2. The van der Waals surface area contributed by atoms with E-state index < -0.39 is 0 Å². The minimum atomic E-state index is 0. The Labute approximate surface area is 101 Å². The fourth-order valence-electron chi connectivity index (χ4n) is 1.82. The van der Waals surface area contributed by atoms with Gasteiger partial charge in [0.2, 0.25) is 0 Å². The van der Waals surface area contributed by atoms with Gasteiger partial charge in [0.25, 0.3) is 0 Å². The number of para-hydroxylation sites is 2. The normalized spacial score (nSPS) is 11.4. The Kier molecular flexibility index (Phi) is 3.78. The van der Waals surface area contributed by atoms with E-state index in [4.69, 9.17) is 9.84 Å². The summed E-state index contributed by atoms with van der Waals surface area (Å²) >= 11 is 0. The Bertz CT molecular complexity index is 404. The molecule has 0 unspecified atom stereocenters. The van der Waals surface area contributed by atoms with Crippen molar-refractivity contribution in [3.63, 3.8) is 0 Å². The van der Waals surface area contributed by atoms with Crippen LogP contribution in [-0.2, 0) is 6.42 Å². The molecule has 17 heavy (non-hydrogen) atoms. The molecule has 1 aliphatic rings. The van der Waals surface area contributed by atoms with Crippen LogP contribution in [0.4, 0.5) is 0 Å². The van der Waals surface area contributed by atoms with Crippen LogP contribution in [0.5, 0.6) is 11.5 Å². The lowest BCUT2D eigenvalue weighted by Gasteiger charge is -2.19. The molecule has 1 N–H and O–H groups in total. The van der Waals surface area contributed by atoms with Crippen LogP contribution < -0.4 is 4.74 Å². The average molecular weight is 227 g/mol. The van der Waals surface area contributed by atoms with E-state index in [0.29, 0.717) is 0 Å². The van der Waals surface area contributed by atoms with Crippen molar-refractivity contribution in [3.05, 3.63) is 66.6 Å². The zero-order valence-electron chi connectivity index (χ0n) is 9.60. The van der Waals surface area contributed by atoms with Gasteiger partial charge in [0, 0.05) is 13.0 Å². The molecule has 87 valence electrons. The van der Waals surface area contributed by atoms with E-state index in [1.807, 2.05) is 24.3 Å². The third kappa shape index (κ3) is 2.66. The second-order valence-electron chi connectivity index (χ2n) is 3.72. The van der Waals surface area contributed by atoms with E-state index >= 15 is 0 Å². The lowest BCUT2D eigenvalue weighted by molar-refractivity contribution is 0.341. The number of aliphatic hydroxyl groups excluding tert-OH is 1. The van der Waals surface area contributed by atoms with Gasteiger partial charge in [-0.25, -0.2) is 0 Å². The van der Waals surface area contributed by atoms with Crippen LogP contribution in [0.2, 0.25) is 0 Å². The van der Waals surface area contributed by atoms with Crippen molar-refractivity contribution in [2.45, 2.75) is 6.42 Å². The molecular formula is C15H15O2. The molecule has 2 nitrogen and oxygen atoms in total. The van der Waals surface area contributed by atoms with Crippen LogP contribution in [0.25, 0.3) is 0 Å². The summed E-state index contributed by atoms with van der Waals surface area (Å²) < 4.78 is 5.78. The zero-order chi connectivity index (χ0) is 12.1. The first-order valence-electron chi connectivity index (χ1n) is 5.59. The third-order valence-corrected chi connectivity index (χ3v) is 2.55. The van der Waals surface area contributed by atoms with E-state index in [0.717, 1.165) is 17.9 Å². The van der Waals surface area contributed by atoms with Gasteiger partial charge in [-0.1, -0.05) is 36.4 Å². The fraction of sp³-hybridized carbons (Fsp3) is 0.133. The van der Waals surface area contributed by atoms with E-state index in [1.165, 1.54) is 11.1 Å². The van der Waals surface area contributed by atoms with Crippen molar-refractivity contribution >= 4 is 0 Å². The van der Waals surface area contributed by atoms with Crippen LogP contribution in [0.3, 0.4) is 0 Å². The van der Waals surface area contributed by atoms with Crippen LogP contribution in [0.1, 0.15) is 11.1 Å². The molecule has 0 fully saturated rings. The number of hydrogen-bond acceptors (Lipinski definition) is 2. The second-order valence-corrected chi connectivity index (χ2v) is 3.72. The van der Waals surface area contributed by atoms with Gasteiger partial charge in [0.15, 0.2) is 0 Å². The largest absolute Gasteiger partial charge is 0.457 e. The Morgan fingerprint density at radius 3 is 1.82 bits per heavy atom. The summed E-state index contributed by atoms with van der Waals surface area (Å²) in [6.07, 6.45) is 0.979. The summed E-state index contributed by atoms with van der Waals surface area (Å²) in [5.74, 6) is 1.98. The van der Waals surface area contributed by atoms with Gasteiger partial charge in [-0.05, 0) is 30.2 Å².